The summed E-state index contributed by atoms with van der Waals surface area (Å²) < 4.78 is 26.2. The average molecular weight is 358 g/mol. The molecule has 0 aliphatic carbocycles. The zero-order chi connectivity index (χ0) is 18.3. The molecule has 1 aromatic rings. The Bertz CT molecular complexity index is 453. The lowest BCUT2D eigenvalue weighted by Crippen LogP contribution is -2.32. The quantitative estimate of drug-likeness (QED) is 0.439. The zero-order valence-corrected chi connectivity index (χ0v) is 14.3. The maximum Gasteiger partial charge on any atom is 0.329 e. The molecule has 8 nitrogen and oxygen atoms in total. The molecule has 0 amide bonds. The summed E-state index contributed by atoms with van der Waals surface area (Å²) in [5, 5.41) is 18.5. The van der Waals surface area contributed by atoms with Gasteiger partial charge in [0.05, 0.1) is 33.0 Å². The third-order valence-electron chi connectivity index (χ3n) is 2.97. The van der Waals surface area contributed by atoms with E-state index in [1.165, 1.54) is 0 Å². The predicted molar refractivity (Wildman–Crippen MR) is 88.8 cm³/mol. The van der Waals surface area contributed by atoms with Gasteiger partial charge in [0.1, 0.15) is 31.2 Å². The van der Waals surface area contributed by atoms with Gasteiger partial charge >= 0.3 is 5.97 Å². The van der Waals surface area contributed by atoms with Crippen LogP contribution in [0.1, 0.15) is 0 Å². The van der Waals surface area contributed by atoms with Crippen LogP contribution in [0.25, 0.3) is 0 Å². The first-order valence-corrected chi connectivity index (χ1v) is 7.95. The van der Waals surface area contributed by atoms with Crippen molar-refractivity contribution in [2.75, 3.05) is 53.4 Å². The third kappa shape index (κ3) is 11.5. The molecule has 0 heterocycles. The third-order valence-corrected chi connectivity index (χ3v) is 2.97. The van der Waals surface area contributed by atoms with Gasteiger partial charge in [0, 0.05) is 7.11 Å². The van der Waals surface area contributed by atoms with Crippen molar-refractivity contribution in [2.45, 2.75) is 12.2 Å². The molecule has 0 aliphatic rings. The lowest BCUT2D eigenvalue weighted by molar-refractivity contribution is -0.145. The van der Waals surface area contributed by atoms with E-state index in [4.69, 9.17) is 28.8 Å². The fourth-order valence-electron chi connectivity index (χ4n) is 1.78. The second-order valence-electron chi connectivity index (χ2n) is 5.21. The van der Waals surface area contributed by atoms with Crippen LogP contribution in [-0.4, -0.2) is 81.7 Å². The minimum atomic E-state index is -1.06. The van der Waals surface area contributed by atoms with E-state index in [0.29, 0.717) is 19.0 Å². The number of hydrogen-bond donors (Lipinski definition) is 2. The predicted octanol–water partition coefficient (Wildman–Crippen LogP) is 0.576. The number of carbonyl (C=O) groups is 1. The Balaban J connectivity index is 2.28. The van der Waals surface area contributed by atoms with Crippen molar-refractivity contribution in [1.82, 2.24) is 0 Å². The van der Waals surface area contributed by atoms with E-state index >= 15 is 0 Å². The van der Waals surface area contributed by atoms with Crippen LogP contribution in [0.5, 0.6) is 5.75 Å². The van der Waals surface area contributed by atoms with E-state index in [2.05, 4.69) is 0 Å². The Kier molecular flexibility index (Phi) is 11.6. The van der Waals surface area contributed by atoms with Crippen LogP contribution < -0.4 is 4.74 Å². The van der Waals surface area contributed by atoms with Gasteiger partial charge in [-0.05, 0) is 12.1 Å². The van der Waals surface area contributed by atoms with Crippen molar-refractivity contribution in [3.8, 4) is 5.75 Å². The lowest BCUT2D eigenvalue weighted by Gasteiger charge is -2.20. The van der Waals surface area contributed by atoms with Crippen LogP contribution in [0.3, 0.4) is 0 Å². The molecule has 2 unspecified atom stereocenters. The van der Waals surface area contributed by atoms with Crippen LogP contribution in [0, 0.1) is 0 Å². The minimum absolute atomic E-state index is 0.0154. The highest BCUT2D eigenvalue weighted by molar-refractivity contribution is 5.67. The molecule has 0 spiro atoms. The number of aliphatic carboxylic acids is 1. The Morgan fingerprint density at radius 1 is 1.04 bits per heavy atom. The summed E-state index contributed by atoms with van der Waals surface area (Å²) in [6.07, 6.45) is -1.33. The minimum Gasteiger partial charge on any atom is -0.491 e. The van der Waals surface area contributed by atoms with Crippen molar-refractivity contribution < 1.29 is 38.7 Å². The number of hydrogen-bond acceptors (Lipinski definition) is 7. The molecule has 0 radical (unpaired) electrons. The molecular formula is C17H26O8. The van der Waals surface area contributed by atoms with Gasteiger partial charge in [-0.25, -0.2) is 4.79 Å². The molecular weight excluding hydrogens is 332 g/mol. The fourth-order valence-corrected chi connectivity index (χ4v) is 1.78. The summed E-state index contributed by atoms with van der Waals surface area (Å²) in [6, 6.07) is 9.13. The monoisotopic (exact) mass is 358 g/mol. The van der Waals surface area contributed by atoms with E-state index in [-0.39, 0.29) is 26.4 Å². The van der Waals surface area contributed by atoms with Crippen LogP contribution in [0.2, 0.25) is 0 Å². The number of aliphatic hydroxyl groups excluding tert-OH is 1. The highest BCUT2D eigenvalue weighted by Crippen LogP contribution is 2.08. The Hall–Kier alpha value is -1.71. The second kappa shape index (κ2) is 13.6. The standard InChI is InChI=1S/C17H26O8/c1-21-7-8-22-11-16(12-23-13-17(19)20)25-10-14(18)9-24-15-5-3-2-4-6-15/h2-6,14,16,18H,7-13H2,1H3,(H,19,20). The number of benzene rings is 1. The van der Waals surface area contributed by atoms with Crippen LogP contribution >= 0.6 is 0 Å². The molecule has 0 aromatic heterocycles. The summed E-state index contributed by atoms with van der Waals surface area (Å²) in [6.45, 7) is 0.752. The zero-order valence-electron chi connectivity index (χ0n) is 14.3. The number of methoxy groups -OCH3 is 1. The van der Waals surface area contributed by atoms with Gasteiger partial charge in [-0.2, -0.15) is 0 Å². The number of carboxylic acid groups (broad SMARTS) is 1. The molecule has 25 heavy (non-hydrogen) atoms. The molecule has 2 N–H and O–H groups in total. The first-order chi connectivity index (χ1) is 12.1. The van der Waals surface area contributed by atoms with Gasteiger partial charge < -0.3 is 33.9 Å². The van der Waals surface area contributed by atoms with Gasteiger partial charge in [0.25, 0.3) is 0 Å². The summed E-state index contributed by atoms with van der Waals surface area (Å²) in [7, 11) is 1.57. The molecule has 142 valence electrons. The number of carboxylic acids is 1. The molecule has 1 aromatic carbocycles. The van der Waals surface area contributed by atoms with Crippen molar-refractivity contribution in [1.29, 1.82) is 0 Å². The molecule has 0 saturated heterocycles. The Morgan fingerprint density at radius 3 is 2.44 bits per heavy atom. The second-order valence-corrected chi connectivity index (χ2v) is 5.21. The van der Waals surface area contributed by atoms with Crippen LogP contribution in [0.15, 0.2) is 30.3 Å². The highest BCUT2D eigenvalue weighted by Gasteiger charge is 2.14. The summed E-state index contributed by atoms with van der Waals surface area (Å²) >= 11 is 0. The normalized spacial score (nSPS) is 13.4. The number of aliphatic hydroxyl groups is 1. The maximum absolute atomic E-state index is 10.5. The first-order valence-electron chi connectivity index (χ1n) is 7.95. The number of ether oxygens (including phenoxy) is 5. The van der Waals surface area contributed by atoms with E-state index in [9.17, 15) is 9.90 Å². The Labute approximate surface area is 147 Å². The number of para-hydroxylation sites is 1. The van der Waals surface area contributed by atoms with E-state index in [1.54, 1.807) is 19.2 Å². The summed E-state index contributed by atoms with van der Waals surface area (Å²) in [4.78, 5) is 10.5. The van der Waals surface area contributed by atoms with Crippen molar-refractivity contribution in [2.24, 2.45) is 0 Å². The fraction of sp³-hybridized carbons (Fsp3) is 0.588. The van der Waals surface area contributed by atoms with Gasteiger partial charge in [-0.15, -0.1) is 0 Å². The molecule has 1 rings (SSSR count). The SMILES string of the molecule is COCCOCC(COCC(=O)O)OCC(O)COc1ccccc1. The average Bonchev–Trinajstić information content (AvgIpc) is 2.61. The van der Waals surface area contributed by atoms with Gasteiger partial charge in [0.2, 0.25) is 0 Å². The Morgan fingerprint density at radius 2 is 1.76 bits per heavy atom. The maximum atomic E-state index is 10.5. The molecule has 0 fully saturated rings. The van der Waals surface area contributed by atoms with Crippen molar-refractivity contribution in [3.05, 3.63) is 30.3 Å². The van der Waals surface area contributed by atoms with Gasteiger partial charge in [0.15, 0.2) is 0 Å². The first kappa shape index (κ1) is 21.3. The summed E-state index contributed by atoms with van der Waals surface area (Å²) in [5.74, 6) is -0.402. The lowest BCUT2D eigenvalue weighted by atomic mass is 10.3. The highest BCUT2D eigenvalue weighted by atomic mass is 16.6. The topological polar surface area (TPSA) is 104 Å². The van der Waals surface area contributed by atoms with Crippen LogP contribution in [0.4, 0.5) is 0 Å². The van der Waals surface area contributed by atoms with E-state index in [1.807, 2.05) is 18.2 Å². The number of rotatable bonds is 15. The molecule has 2 atom stereocenters. The van der Waals surface area contributed by atoms with Crippen LogP contribution in [-0.2, 0) is 23.7 Å². The van der Waals surface area contributed by atoms with E-state index < -0.39 is 24.8 Å². The van der Waals surface area contributed by atoms with Crippen molar-refractivity contribution in [3.63, 3.8) is 0 Å². The summed E-state index contributed by atoms with van der Waals surface area (Å²) in [5.41, 5.74) is 0. The van der Waals surface area contributed by atoms with Crippen molar-refractivity contribution >= 4 is 5.97 Å². The smallest absolute Gasteiger partial charge is 0.329 e. The largest absolute Gasteiger partial charge is 0.491 e. The molecule has 0 bridgehead atoms. The van der Waals surface area contributed by atoms with Gasteiger partial charge in [-0.1, -0.05) is 18.2 Å². The van der Waals surface area contributed by atoms with Gasteiger partial charge in [-0.3, -0.25) is 0 Å². The van der Waals surface area contributed by atoms with E-state index in [0.717, 1.165) is 0 Å². The molecule has 8 heteroatoms. The molecule has 0 saturated carbocycles. The molecule has 0 aliphatic heterocycles.